The van der Waals surface area contributed by atoms with Gasteiger partial charge in [0, 0.05) is 6.61 Å². The predicted molar refractivity (Wildman–Crippen MR) is 49.5 cm³/mol. The second kappa shape index (κ2) is 6.12. The Bertz CT molecular complexity index is 65.7. The summed E-state index contributed by atoms with van der Waals surface area (Å²) in [4.78, 5) is 0. The van der Waals surface area contributed by atoms with Crippen LogP contribution in [0.1, 0.15) is 33.6 Å². The number of hydrogen-bond acceptors (Lipinski definition) is 1. The van der Waals surface area contributed by atoms with E-state index in [2.05, 4.69) is 23.1 Å². The minimum atomic E-state index is 0.398. The van der Waals surface area contributed by atoms with Gasteiger partial charge in [-0.3, -0.25) is 0 Å². The monoisotopic (exact) mass is 162 g/mol. The summed E-state index contributed by atoms with van der Waals surface area (Å²) in [6.07, 6.45) is 2.88. The van der Waals surface area contributed by atoms with Crippen molar-refractivity contribution >= 4 is 9.24 Å². The maximum atomic E-state index is 5.44. The maximum absolute atomic E-state index is 5.44. The van der Waals surface area contributed by atoms with Crippen LogP contribution in [0.2, 0.25) is 0 Å². The van der Waals surface area contributed by atoms with Gasteiger partial charge in [0.25, 0.3) is 0 Å². The maximum Gasteiger partial charge on any atom is 0.0609 e. The molecule has 0 fully saturated rings. The average Bonchev–Trinajstić information content (AvgIpc) is 1.89. The fourth-order valence-electron chi connectivity index (χ4n) is 0.955. The van der Waals surface area contributed by atoms with E-state index in [-0.39, 0.29) is 0 Å². The highest BCUT2D eigenvalue weighted by molar-refractivity contribution is 7.17. The second-order valence-corrected chi connectivity index (χ2v) is 3.47. The van der Waals surface area contributed by atoms with Crippen molar-refractivity contribution in [2.45, 2.75) is 45.4 Å². The zero-order valence-electron chi connectivity index (χ0n) is 7.26. The van der Waals surface area contributed by atoms with Crippen LogP contribution in [0, 0.1) is 0 Å². The summed E-state index contributed by atoms with van der Waals surface area (Å²) in [5.74, 6) is 0. The Hall–Kier alpha value is 0.390. The molecule has 0 aromatic carbocycles. The molecule has 0 aromatic rings. The van der Waals surface area contributed by atoms with Gasteiger partial charge in [-0.05, 0) is 25.9 Å². The van der Waals surface area contributed by atoms with Crippen LogP contribution in [0.15, 0.2) is 0 Å². The molecule has 0 amide bonds. The van der Waals surface area contributed by atoms with E-state index in [0.717, 1.165) is 6.61 Å². The van der Waals surface area contributed by atoms with Crippen molar-refractivity contribution < 1.29 is 4.74 Å². The molecule has 0 aliphatic rings. The van der Waals surface area contributed by atoms with Gasteiger partial charge in [0.2, 0.25) is 0 Å². The summed E-state index contributed by atoms with van der Waals surface area (Å²) < 4.78 is 5.44. The Morgan fingerprint density at radius 3 is 2.40 bits per heavy atom. The van der Waals surface area contributed by atoms with Gasteiger partial charge in [-0.15, -0.1) is 9.24 Å². The molecule has 10 heavy (non-hydrogen) atoms. The molecular weight excluding hydrogens is 143 g/mol. The number of hydrogen-bond donors (Lipinski definition) is 0. The van der Waals surface area contributed by atoms with Crippen molar-refractivity contribution in [3.8, 4) is 0 Å². The molecule has 3 unspecified atom stereocenters. The highest BCUT2D eigenvalue weighted by Crippen LogP contribution is 2.14. The highest BCUT2D eigenvalue weighted by atomic mass is 31.0. The molecule has 0 radical (unpaired) electrons. The Balaban J connectivity index is 3.38. The lowest BCUT2D eigenvalue weighted by Crippen LogP contribution is -2.20. The summed E-state index contributed by atoms with van der Waals surface area (Å²) in [5, 5.41) is 0. The van der Waals surface area contributed by atoms with Crippen molar-refractivity contribution in [2.24, 2.45) is 0 Å². The van der Waals surface area contributed by atoms with Crippen molar-refractivity contribution in [1.82, 2.24) is 0 Å². The first-order valence-corrected chi connectivity index (χ1v) is 4.76. The zero-order chi connectivity index (χ0) is 7.98. The van der Waals surface area contributed by atoms with Crippen LogP contribution in [0.4, 0.5) is 0 Å². The third-order valence-electron chi connectivity index (χ3n) is 1.65. The Morgan fingerprint density at radius 1 is 1.40 bits per heavy atom. The number of rotatable bonds is 5. The van der Waals surface area contributed by atoms with E-state index in [1.165, 1.54) is 12.8 Å². The molecule has 0 spiro atoms. The summed E-state index contributed by atoms with van der Waals surface area (Å²) in [5.41, 5.74) is 0.630. The molecule has 3 atom stereocenters. The predicted octanol–water partition coefficient (Wildman–Crippen LogP) is 2.46. The largest absolute Gasteiger partial charge is 0.378 e. The lowest BCUT2D eigenvalue weighted by atomic mass is 10.2. The average molecular weight is 162 g/mol. The molecule has 0 aromatic heterocycles. The summed E-state index contributed by atoms with van der Waals surface area (Å²) in [6, 6.07) is 0. The summed E-state index contributed by atoms with van der Waals surface area (Å²) in [6.45, 7) is 7.21. The van der Waals surface area contributed by atoms with E-state index in [1.54, 1.807) is 0 Å². The lowest BCUT2D eigenvalue weighted by Gasteiger charge is -2.18. The van der Waals surface area contributed by atoms with E-state index in [9.17, 15) is 0 Å². The topological polar surface area (TPSA) is 9.23 Å². The number of ether oxygens (including phenoxy) is 1. The van der Waals surface area contributed by atoms with Crippen molar-refractivity contribution in [3.05, 3.63) is 0 Å². The first-order valence-electron chi connectivity index (χ1n) is 4.09. The van der Waals surface area contributed by atoms with E-state index in [4.69, 9.17) is 4.74 Å². The molecular formula is C8H19OP. The molecule has 0 heterocycles. The van der Waals surface area contributed by atoms with Crippen LogP contribution < -0.4 is 0 Å². The van der Waals surface area contributed by atoms with Crippen LogP contribution >= 0.6 is 9.24 Å². The van der Waals surface area contributed by atoms with Gasteiger partial charge in [-0.25, -0.2) is 0 Å². The molecule has 0 saturated carbocycles. The highest BCUT2D eigenvalue weighted by Gasteiger charge is 2.09. The van der Waals surface area contributed by atoms with E-state index in [1.807, 2.05) is 6.92 Å². The minimum absolute atomic E-state index is 0.398. The third-order valence-corrected chi connectivity index (χ3v) is 2.53. The molecule has 1 nitrogen and oxygen atoms in total. The zero-order valence-corrected chi connectivity index (χ0v) is 8.42. The van der Waals surface area contributed by atoms with Gasteiger partial charge in [-0.1, -0.05) is 13.3 Å². The fourth-order valence-corrected chi connectivity index (χ4v) is 1.40. The Morgan fingerprint density at radius 2 is 2.00 bits per heavy atom. The quantitative estimate of drug-likeness (QED) is 0.564. The van der Waals surface area contributed by atoms with Crippen LogP contribution in [0.25, 0.3) is 0 Å². The first kappa shape index (κ1) is 10.4. The lowest BCUT2D eigenvalue weighted by molar-refractivity contribution is 0.0728. The molecule has 0 saturated heterocycles. The summed E-state index contributed by atoms with van der Waals surface area (Å²) in [7, 11) is 2.84. The molecule has 62 valence electrons. The fraction of sp³-hybridized carbons (Fsp3) is 1.00. The molecule has 0 rings (SSSR count). The third kappa shape index (κ3) is 4.24. The Labute approximate surface area is 66.7 Å². The van der Waals surface area contributed by atoms with Crippen LogP contribution in [-0.4, -0.2) is 18.4 Å². The molecule has 0 bridgehead atoms. The SMILES string of the molecule is CCCC(P)C(C)OCC. The first-order chi connectivity index (χ1) is 4.72. The normalized spacial score (nSPS) is 16.8. The van der Waals surface area contributed by atoms with Gasteiger partial charge in [-0.2, -0.15) is 0 Å². The van der Waals surface area contributed by atoms with Gasteiger partial charge in [0.1, 0.15) is 0 Å². The van der Waals surface area contributed by atoms with Gasteiger partial charge >= 0.3 is 0 Å². The van der Waals surface area contributed by atoms with Gasteiger partial charge in [0.15, 0.2) is 0 Å². The van der Waals surface area contributed by atoms with Gasteiger partial charge in [0.05, 0.1) is 6.10 Å². The van der Waals surface area contributed by atoms with Crippen LogP contribution in [0.3, 0.4) is 0 Å². The molecule has 2 heteroatoms. The Kier molecular flexibility index (Phi) is 6.36. The minimum Gasteiger partial charge on any atom is -0.378 e. The van der Waals surface area contributed by atoms with E-state index >= 15 is 0 Å². The van der Waals surface area contributed by atoms with E-state index < -0.39 is 0 Å². The molecule has 0 N–H and O–H groups in total. The smallest absolute Gasteiger partial charge is 0.0609 e. The van der Waals surface area contributed by atoms with Crippen molar-refractivity contribution in [2.75, 3.05) is 6.61 Å². The van der Waals surface area contributed by atoms with Gasteiger partial charge < -0.3 is 4.74 Å². The van der Waals surface area contributed by atoms with E-state index in [0.29, 0.717) is 11.8 Å². The molecule has 0 aliphatic heterocycles. The van der Waals surface area contributed by atoms with Crippen LogP contribution in [0.5, 0.6) is 0 Å². The van der Waals surface area contributed by atoms with Crippen LogP contribution in [-0.2, 0) is 4.74 Å². The van der Waals surface area contributed by atoms with Crippen molar-refractivity contribution in [3.63, 3.8) is 0 Å². The van der Waals surface area contributed by atoms with Crippen molar-refractivity contribution in [1.29, 1.82) is 0 Å². The summed E-state index contributed by atoms with van der Waals surface area (Å²) >= 11 is 0. The second-order valence-electron chi connectivity index (χ2n) is 2.61. The standard InChI is InChI=1S/C8H19OP/c1-4-6-8(10)7(3)9-5-2/h7-8H,4-6,10H2,1-3H3. The molecule has 0 aliphatic carbocycles.